The molecule has 4 nitrogen and oxygen atoms in total. The summed E-state index contributed by atoms with van der Waals surface area (Å²) >= 11 is 3.18. The molecular weight excluding hydrogens is 262 g/mol. The van der Waals surface area contributed by atoms with E-state index < -0.39 is 5.97 Å². The third-order valence-electron chi connectivity index (χ3n) is 1.85. The van der Waals surface area contributed by atoms with Gasteiger partial charge in [0.15, 0.2) is 0 Å². The van der Waals surface area contributed by atoms with E-state index in [0.717, 1.165) is 0 Å². The maximum atomic E-state index is 11.3. The molecular formula is C10H8BrNO3. The van der Waals surface area contributed by atoms with Gasteiger partial charge >= 0.3 is 5.97 Å². The van der Waals surface area contributed by atoms with Crippen molar-refractivity contribution in [3.63, 3.8) is 0 Å². The van der Waals surface area contributed by atoms with Crippen LogP contribution in [0.15, 0.2) is 16.6 Å². The molecule has 0 saturated heterocycles. The smallest absolute Gasteiger partial charge is 0.339 e. The Hall–Kier alpha value is -1.38. The predicted octanol–water partition coefficient (Wildman–Crippen LogP) is 1.60. The molecule has 5 heteroatoms. The van der Waals surface area contributed by atoms with E-state index in [1.165, 1.54) is 19.2 Å². The van der Waals surface area contributed by atoms with Gasteiger partial charge in [0.25, 0.3) is 0 Å². The number of ether oxygens (including phenoxy) is 1. The van der Waals surface area contributed by atoms with Crippen molar-refractivity contribution in [3.05, 3.63) is 33.3 Å². The number of aliphatic hydroxyl groups is 1. The van der Waals surface area contributed by atoms with Crippen LogP contribution >= 0.6 is 15.9 Å². The Morgan fingerprint density at radius 1 is 1.67 bits per heavy atom. The summed E-state index contributed by atoms with van der Waals surface area (Å²) in [5.74, 6) is -0.548. The Kier molecular flexibility index (Phi) is 3.83. The average Bonchev–Trinajstić information content (AvgIpc) is 2.28. The quantitative estimate of drug-likeness (QED) is 0.828. The summed E-state index contributed by atoms with van der Waals surface area (Å²) in [5.41, 5.74) is 1.03. The third-order valence-corrected chi connectivity index (χ3v) is 2.79. The van der Waals surface area contributed by atoms with E-state index >= 15 is 0 Å². The number of hydrogen-bond acceptors (Lipinski definition) is 4. The number of esters is 1. The SMILES string of the molecule is COC(=O)c1cc(C#N)cc(CO)c1Br. The van der Waals surface area contributed by atoms with Crippen molar-refractivity contribution in [2.24, 2.45) is 0 Å². The Morgan fingerprint density at radius 2 is 2.33 bits per heavy atom. The molecule has 0 aromatic heterocycles. The first-order valence-electron chi connectivity index (χ1n) is 4.05. The molecule has 1 rings (SSSR count). The molecule has 1 N–H and O–H groups in total. The van der Waals surface area contributed by atoms with Gasteiger partial charge in [-0.05, 0) is 33.6 Å². The summed E-state index contributed by atoms with van der Waals surface area (Å²) in [5, 5.41) is 17.8. The topological polar surface area (TPSA) is 70.3 Å². The second-order valence-corrected chi connectivity index (χ2v) is 3.55. The lowest BCUT2D eigenvalue weighted by atomic mass is 10.1. The van der Waals surface area contributed by atoms with Crippen LogP contribution in [0.2, 0.25) is 0 Å². The van der Waals surface area contributed by atoms with Crippen LogP contribution in [0.25, 0.3) is 0 Å². The number of carbonyl (C=O) groups is 1. The molecule has 0 fully saturated rings. The summed E-state index contributed by atoms with van der Waals surface area (Å²) in [6, 6.07) is 4.83. The van der Waals surface area contributed by atoms with Crippen LogP contribution in [0, 0.1) is 11.3 Å². The number of rotatable bonds is 2. The minimum Gasteiger partial charge on any atom is -0.465 e. The molecule has 1 aromatic rings. The van der Waals surface area contributed by atoms with Gasteiger partial charge in [-0.3, -0.25) is 0 Å². The van der Waals surface area contributed by atoms with Crippen molar-refractivity contribution >= 4 is 21.9 Å². The molecule has 0 unspecified atom stereocenters. The summed E-state index contributed by atoms with van der Waals surface area (Å²) in [6.07, 6.45) is 0. The normalized spacial score (nSPS) is 9.47. The lowest BCUT2D eigenvalue weighted by Crippen LogP contribution is -2.05. The molecule has 0 radical (unpaired) electrons. The van der Waals surface area contributed by atoms with Crippen LogP contribution in [-0.2, 0) is 11.3 Å². The fraction of sp³-hybridized carbons (Fsp3) is 0.200. The third kappa shape index (κ3) is 2.35. The van der Waals surface area contributed by atoms with Gasteiger partial charge in [-0.15, -0.1) is 0 Å². The largest absolute Gasteiger partial charge is 0.465 e. The van der Waals surface area contributed by atoms with Crippen molar-refractivity contribution in [1.82, 2.24) is 0 Å². The number of nitrogens with zero attached hydrogens (tertiary/aromatic N) is 1. The van der Waals surface area contributed by atoms with Crippen LogP contribution in [0.3, 0.4) is 0 Å². The molecule has 0 bridgehead atoms. The molecule has 0 heterocycles. The Morgan fingerprint density at radius 3 is 2.80 bits per heavy atom. The van der Waals surface area contributed by atoms with Crippen molar-refractivity contribution in [3.8, 4) is 6.07 Å². The maximum Gasteiger partial charge on any atom is 0.339 e. The Balaban J connectivity index is 3.38. The molecule has 0 aliphatic carbocycles. The lowest BCUT2D eigenvalue weighted by Gasteiger charge is -2.07. The first-order valence-corrected chi connectivity index (χ1v) is 4.85. The van der Waals surface area contributed by atoms with Crippen molar-refractivity contribution in [2.45, 2.75) is 6.61 Å². The van der Waals surface area contributed by atoms with E-state index in [9.17, 15) is 4.79 Å². The van der Waals surface area contributed by atoms with Gasteiger partial charge in [0.05, 0.1) is 30.9 Å². The molecule has 15 heavy (non-hydrogen) atoms. The first kappa shape index (κ1) is 11.7. The van der Waals surface area contributed by atoms with Crippen molar-refractivity contribution < 1.29 is 14.6 Å². The second-order valence-electron chi connectivity index (χ2n) is 2.76. The first-order chi connectivity index (χ1) is 7.13. The molecule has 0 aliphatic rings. The van der Waals surface area contributed by atoms with Gasteiger partial charge in [0.2, 0.25) is 0 Å². The van der Waals surface area contributed by atoms with E-state index in [2.05, 4.69) is 20.7 Å². The van der Waals surface area contributed by atoms with Crippen molar-refractivity contribution in [2.75, 3.05) is 7.11 Å². The van der Waals surface area contributed by atoms with E-state index in [4.69, 9.17) is 10.4 Å². The van der Waals surface area contributed by atoms with Gasteiger partial charge in [-0.25, -0.2) is 4.79 Å². The van der Waals surface area contributed by atoms with Crippen LogP contribution in [0.1, 0.15) is 21.5 Å². The lowest BCUT2D eigenvalue weighted by molar-refractivity contribution is 0.0599. The summed E-state index contributed by atoms with van der Waals surface area (Å²) in [6.45, 7) is -0.250. The highest BCUT2D eigenvalue weighted by atomic mass is 79.9. The monoisotopic (exact) mass is 269 g/mol. The number of aliphatic hydroxyl groups excluding tert-OH is 1. The number of carbonyl (C=O) groups excluding carboxylic acids is 1. The molecule has 0 aliphatic heterocycles. The average molecular weight is 270 g/mol. The van der Waals surface area contributed by atoms with Gasteiger partial charge in [-0.2, -0.15) is 5.26 Å². The molecule has 0 spiro atoms. The standard InChI is InChI=1S/C10H8BrNO3/c1-15-10(14)8-3-6(4-12)2-7(5-13)9(8)11/h2-3,13H,5H2,1H3. The molecule has 0 saturated carbocycles. The number of hydrogen-bond donors (Lipinski definition) is 1. The van der Waals surface area contributed by atoms with Crippen LogP contribution in [0.4, 0.5) is 0 Å². The summed E-state index contributed by atoms with van der Waals surface area (Å²) in [7, 11) is 1.26. The zero-order chi connectivity index (χ0) is 11.4. The minimum atomic E-state index is -0.548. The highest BCUT2D eigenvalue weighted by molar-refractivity contribution is 9.10. The summed E-state index contributed by atoms with van der Waals surface area (Å²) < 4.78 is 5.01. The molecule has 78 valence electrons. The Bertz CT molecular complexity index is 437. The fourth-order valence-electron chi connectivity index (χ4n) is 1.12. The highest BCUT2D eigenvalue weighted by Gasteiger charge is 2.14. The molecule has 0 amide bonds. The van der Waals surface area contributed by atoms with Crippen LogP contribution in [0.5, 0.6) is 0 Å². The zero-order valence-corrected chi connectivity index (χ0v) is 9.54. The van der Waals surface area contributed by atoms with Gasteiger partial charge in [0, 0.05) is 4.47 Å². The van der Waals surface area contributed by atoms with E-state index in [1.807, 2.05) is 6.07 Å². The van der Waals surface area contributed by atoms with Gasteiger partial charge in [-0.1, -0.05) is 0 Å². The number of halogens is 1. The van der Waals surface area contributed by atoms with E-state index in [-0.39, 0.29) is 12.2 Å². The van der Waals surface area contributed by atoms with E-state index in [0.29, 0.717) is 15.6 Å². The van der Waals surface area contributed by atoms with Gasteiger partial charge in [0.1, 0.15) is 0 Å². The molecule has 1 aromatic carbocycles. The second kappa shape index (κ2) is 4.91. The summed E-state index contributed by atoms with van der Waals surface area (Å²) in [4.78, 5) is 11.3. The number of nitriles is 1. The van der Waals surface area contributed by atoms with E-state index in [1.54, 1.807) is 0 Å². The number of benzene rings is 1. The Labute approximate surface area is 95.2 Å². The van der Waals surface area contributed by atoms with Crippen LogP contribution < -0.4 is 0 Å². The van der Waals surface area contributed by atoms with Crippen molar-refractivity contribution in [1.29, 1.82) is 5.26 Å². The van der Waals surface area contributed by atoms with Crippen LogP contribution in [-0.4, -0.2) is 18.2 Å². The molecule has 0 atom stereocenters. The highest BCUT2D eigenvalue weighted by Crippen LogP contribution is 2.24. The van der Waals surface area contributed by atoms with Gasteiger partial charge < -0.3 is 9.84 Å². The zero-order valence-electron chi connectivity index (χ0n) is 7.95. The maximum absolute atomic E-state index is 11.3. The minimum absolute atomic E-state index is 0.237. The number of methoxy groups -OCH3 is 1. The predicted molar refractivity (Wildman–Crippen MR) is 56.1 cm³/mol. The fourth-order valence-corrected chi connectivity index (χ4v) is 1.64.